The lowest BCUT2D eigenvalue weighted by molar-refractivity contribution is 0.0993. The molecule has 0 aliphatic heterocycles. The number of carbonyl (C=O) groups excluding carboxylic acids is 1. The summed E-state index contributed by atoms with van der Waals surface area (Å²) >= 11 is 0. The Hall–Kier alpha value is -1.94. The molecule has 1 N–H and O–H groups in total. The second-order valence-electron chi connectivity index (χ2n) is 6.99. The molecule has 2 fully saturated rings. The Bertz CT molecular complexity index is 717. The highest BCUT2D eigenvalue weighted by molar-refractivity contribution is 5.97. The molecule has 2 aliphatic rings. The molecular weight excluding hydrogens is 286 g/mol. The van der Waals surface area contributed by atoms with E-state index >= 15 is 0 Å². The molecule has 0 bridgehead atoms. The highest BCUT2D eigenvalue weighted by atomic mass is 16.1. The van der Waals surface area contributed by atoms with Gasteiger partial charge in [-0.15, -0.1) is 0 Å². The van der Waals surface area contributed by atoms with Crippen molar-refractivity contribution in [2.75, 3.05) is 0 Å². The lowest BCUT2D eigenvalue weighted by Crippen LogP contribution is -2.37. The quantitative estimate of drug-likeness (QED) is 0.835. The van der Waals surface area contributed by atoms with Crippen molar-refractivity contribution >= 4 is 5.78 Å². The van der Waals surface area contributed by atoms with Crippen molar-refractivity contribution in [1.82, 2.24) is 15.1 Å². The Morgan fingerprint density at radius 3 is 2.96 bits per heavy atom. The van der Waals surface area contributed by atoms with Crippen molar-refractivity contribution < 1.29 is 4.79 Å². The van der Waals surface area contributed by atoms with Crippen LogP contribution in [0.4, 0.5) is 0 Å². The van der Waals surface area contributed by atoms with Crippen molar-refractivity contribution in [1.29, 1.82) is 0 Å². The number of aromatic nitrogens is 2. The minimum Gasteiger partial charge on any atom is -0.311 e. The number of aryl methyl sites for hydroxylation is 1. The van der Waals surface area contributed by atoms with Crippen LogP contribution in [0.2, 0.25) is 0 Å². The maximum atomic E-state index is 12.5. The van der Waals surface area contributed by atoms with Crippen LogP contribution in [-0.4, -0.2) is 27.6 Å². The van der Waals surface area contributed by atoms with E-state index in [9.17, 15) is 4.79 Å². The van der Waals surface area contributed by atoms with E-state index in [1.54, 1.807) is 10.9 Å². The predicted octanol–water partition coefficient (Wildman–Crippen LogP) is 2.84. The van der Waals surface area contributed by atoms with Crippen molar-refractivity contribution in [3.8, 4) is 0 Å². The predicted molar refractivity (Wildman–Crippen MR) is 89.6 cm³/mol. The van der Waals surface area contributed by atoms with Crippen LogP contribution in [0.25, 0.3) is 0 Å². The minimum absolute atomic E-state index is 0.170. The second-order valence-corrected chi connectivity index (χ2v) is 6.99. The Morgan fingerprint density at radius 1 is 1.39 bits per heavy atom. The van der Waals surface area contributed by atoms with Crippen molar-refractivity contribution in [2.24, 2.45) is 7.05 Å². The van der Waals surface area contributed by atoms with E-state index < -0.39 is 0 Å². The number of nitrogens with one attached hydrogen (secondary N) is 1. The summed E-state index contributed by atoms with van der Waals surface area (Å²) in [6.07, 6.45) is 9.32. The molecule has 2 aliphatic carbocycles. The molecule has 1 aromatic heterocycles. The standard InChI is InChI=1S/C19H23N3O/c1-22-12-13(11-20-22)8-19(23)15-5-2-4-14(9-15)17-10-18(17)21-16-6-3-7-16/h2,4-5,9,11-12,16-18,21H,3,6-8,10H2,1H3. The molecule has 0 amide bonds. The summed E-state index contributed by atoms with van der Waals surface area (Å²) in [6, 6.07) is 9.55. The summed E-state index contributed by atoms with van der Waals surface area (Å²) < 4.78 is 1.74. The number of rotatable bonds is 6. The largest absolute Gasteiger partial charge is 0.311 e. The SMILES string of the molecule is Cn1cc(CC(=O)c2cccc(C3CC3NC3CCC3)c2)cn1. The van der Waals surface area contributed by atoms with E-state index in [-0.39, 0.29) is 5.78 Å². The van der Waals surface area contributed by atoms with E-state index in [4.69, 9.17) is 0 Å². The van der Waals surface area contributed by atoms with Gasteiger partial charge in [-0.25, -0.2) is 0 Å². The van der Waals surface area contributed by atoms with Gasteiger partial charge in [0.05, 0.1) is 6.20 Å². The van der Waals surface area contributed by atoms with Crippen LogP contribution >= 0.6 is 0 Å². The second kappa shape index (κ2) is 5.93. The van der Waals surface area contributed by atoms with Gasteiger partial charge in [-0.3, -0.25) is 9.48 Å². The third kappa shape index (κ3) is 3.22. The van der Waals surface area contributed by atoms with Crippen molar-refractivity contribution in [3.05, 3.63) is 53.3 Å². The molecular formula is C19H23N3O. The monoisotopic (exact) mass is 309 g/mol. The number of hydrogen-bond acceptors (Lipinski definition) is 3. The fourth-order valence-electron chi connectivity index (χ4n) is 3.42. The number of carbonyl (C=O) groups is 1. The number of ketones is 1. The first-order valence-corrected chi connectivity index (χ1v) is 8.56. The molecule has 2 saturated carbocycles. The van der Waals surface area contributed by atoms with E-state index in [0.29, 0.717) is 18.4 Å². The number of benzene rings is 1. The maximum absolute atomic E-state index is 12.5. The van der Waals surface area contributed by atoms with E-state index in [1.165, 1.54) is 31.2 Å². The van der Waals surface area contributed by atoms with Crippen molar-refractivity contribution in [3.63, 3.8) is 0 Å². The van der Waals surface area contributed by atoms with Gasteiger partial charge in [0, 0.05) is 43.2 Å². The Kier molecular flexibility index (Phi) is 3.77. The van der Waals surface area contributed by atoms with Crippen LogP contribution in [0.15, 0.2) is 36.7 Å². The molecule has 4 nitrogen and oxygen atoms in total. The molecule has 0 spiro atoms. The normalized spacial score (nSPS) is 23.5. The Morgan fingerprint density at radius 2 is 2.26 bits per heavy atom. The lowest BCUT2D eigenvalue weighted by atomic mass is 9.93. The van der Waals surface area contributed by atoms with Gasteiger partial charge < -0.3 is 5.32 Å². The van der Waals surface area contributed by atoms with Gasteiger partial charge in [-0.1, -0.05) is 24.6 Å². The minimum atomic E-state index is 0.170. The third-order valence-corrected chi connectivity index (χ3v) is 5.11. The summed E-state index contributed by atoms with van der Waals surface area (Å²) in [5, 5.41) is 7.86. The molecule has 120 valence electrons. The average Bonchev–Trinajstić information content (AvgIpc) is 3.17. The van der Waals surface area contributed by atoms with Crippen molar-refractivity contribution in [2.45, 2.75) is 50.1 Å². The summed E-state index contributed by atoms with van der Waals surface area (Å²) in [5.74, 6) is 0.755. The first-order valence-electron chi connectivity index (χ1n) is 8.56. The summed E-state index contributed by atoms with van der Waals surface area (Å²) in [5.41, 5.74) is 3.10. The van der Waals surface area contributed by atoms with Crippen LogP contribution in [0.1, 0.15) is 53.1 Å². The van der Waals surface area contributed by atoms with Crippen LogP contribution in [0.3, 0.4) is 0 Å². The van der Waals surface area contributed by atoms with Gasteiger partial charge in [0.15, 0.2) is 5.78 Å². The smallest absolute Gasteiger partial charge is 0.167 e. The molecule has 0 saturated heterocycles. The van der Waals surface area contributed by atoms with Gasteiger partial charge in [0.1, 0.15) is 0 Å². The fourth-order valence-corrected chi connectivity index (χ4v) is 3.42. The van der Waals surface area contributed by atoms with Crippen LogP contribution in [-0.2, 0) is 13.5 Å². The van der Waals surface area contributed by atoms with Crippen LogP contribution in [0, 0.1) is 0 Å². The third-order valence-electron chi connectivity index (χ3n) is 5.11. The topological polar surface area (TPSA) is 46.9 Å². The summed E-state index contributed by atoms with van der Waals surface area (Å²) in [4.78, 5) is 12.5. The zero-order chi connectivity index (χ0) is 15.8. The molecule has 2 atom stereocenters. The van der Waals surface area contributed by atoms with Crippen LogP contribution < -0.4 is 5.32 Å². The highest BCUT2D eigenvalue weighted by Gasteiger charge is 2.40. The van der Waals surface area contributed by atoms with Gasteiger partial charge in [-0.2, -0.15) is 5.10 Å². The average molecular weight is 309 g/mol. The highest BCUT2D eigenvalue weighted by Crippen LogP contribution is 2.42. The fraction of sp³-hybridized carbons (Fsp3) is 0.474. The lowest BCUT2D eigenvalue weighted by Gasteiger charge is -2.26. The number of hydrogen-bond donors (Lipinski definition) is 1. The molecule has 1 heterocycles. The van der Waals surface area contributed by atoms with E-state index in [2.05, 4.69) is 22.5 Å². The Balaban J connectivity index is 1.41. The molecule has 0 radical (unpaired) electrons. The summed E-state index contributed by atoms with van der Waals surface area (Å²) in [6.45, 7) is 0. The van der Waals surface area contributed by atoms with Gasteiger partial charge in [-0.05, 0) is 36.5 Å². The van der Waals surface area contributed by atoms with Gasteiger partial charge in [0.25, 0.3) is 0 Å². The first kappa shape index (κ1) is 14.6. The molecule has 23 heavy (non-hydrogen) atoms. The van der Waals surface area contributed by atoms with E-state index in [0.717, 1.165) is 17.2 Å². The van der Waals surface area contributed by atoms with E-state index in [1.807, 2.05) is 25.4 Å². The molecule has 4 heteroatoms. The molecule has 2 unspecified atom stereocenters. The molecule has 2 aromatic rings. The zero-order valence-corrected chi connectivity index (χ0v) is 13.5. The number of nitrogens with zero attached hydrogens (tertiary/aromatic N) is 2. The maximum Gasteiger partial charge on any atom is 0.167 e. The van der Waals surface area contributed by atoms with Gasteiger partial charge >= 0.3 is 0 Å². The Labute approximate surface area is 136 Å². The summed E-state index contributed by atoms with van der Waals surface area (Å²) in [7, 11) is 1.87. The molecule has 4 rings (SSSR count). The zero-order valence-electron chi connectivity index (χ0n) is 13.5. The molecule has 1 aromatic carbocycles. The number of Topliss-reactive ketones (excluding diaryl/α,β-unsaturated/α-hetero) is 1. The first-order chi connectivity index (χ1) is 11.2. The van der Waals surface area contributed by atoms with Gasteiger partial charge in [0.2, 0.25) is 0 Å². The van der Waals surface area contributed by atoms with Crippen LogP contribution in [0.5, 0.6) is 0 Å².